The minimum absolute atomic E-state index is 0.0307. The number of phenolic OH excluding ortho intramolecular Hbond substituents is 1. The molecule has 28 heavy (non-hydrogen) atoms. The number of nitrogens with zero attached hydrogens (tertiary/aromatic N) is 1. The van der Waals surface area contributed by atoms with E-state index >= 15 is 0 Å². The Bertz CT molecular complexity index is 1050. The predicted molar refractivity (Wildman–Crippen MR) is 114 cm³/mol. The molecular weight excluding hydrogens is 444 g/mol. The maximum absolute atomic E-state index is 13.2. The highest BCUT2D eigenvalue weighted by molar-refractivity contribution is 9.10. The molecule has 0 radical (unpaired) electrons. The second kappa shape index (κ2) is 7.73. The van der Waals surface area contributed by atoms with Gasteiger partial charge in [0.1, 0.15) is 5.57 Å². The third-order valence-electron chi connectivity index (χ3n) is 4.31. The van der Waals surface area contributed by atoms with Gasteiger partial charge in [0.2, 0.25) is 0 Å². The van der Waals surface area contributed by atoms with Gasteiger partial charge in [0.15, 0.2) is 16.6 Å². The Labute approximate surface area is 175 Å². The molecule has 1 fully saturated rings. The molecule has 6 nitrogen and oxygen atoms in total. The Kier molecular flexibility index (Phi) is 5.53. The van der Waals surface area contributed by atoms with E-state index in [0.29, 0.717) is 15.7 Å². The molecule has 1 aliphatic rings. The molecule has 2 N–H and O–H groups in total. The Hall–Kier alpha value is -2.71. The van der Waals surface area contributed by atoms with Crippen LogP contribution in [-0.2, 0) is 9.59 Å². The number of aromatic hydroxyl groups is 1. The van der Waals surface area contributed by atoms with E-state index in [9.17, 15) is 14.7 Å². The lowest BCUT2D eigenvalue weighted by atomic mass is 10.0. The van der Waals surface area contributed by atoms with E-state index in [1.807, 2.05) is 32.0 Å². The fourth-order valence-electron chi connectivity index (χ4n) is 2.82. The predicted octanol–water partition coefficient (Wildman–Crippen LogP) is 3.61. The van der Waals surface area contributed by atoms with E-state index in [1.54, 1.807) is 0 Å². The number of hydrogen-bond donors (Lipinski definition) is 2. The van der Waals surface area contributed by atoms with Crippen LogP contribution in [0.2, 0.25) is 0 Å². The highest BCUT2D eigenvalue weighted by Gasteiger charge is 2.35. The highest BCUT2D eigenvalue weighted by atomic mass is 79.9. The summed E-state index contributed by atoms with van der Waals surface area (Å²) in [5, 5.41) is 12.5. The van der Waals surface area contributed by atoms with Crippen LogP contribution in [0.1, 0.15) is 16.7 Å². The van der Waals surface area contributed by atoms with Crippen molar-refractivity contribution in [3.05, 3.63) is 57.1 Å². The molecule has 1 aliphatic heterocycles. The van der Waals surface area contributed by atoms with Crippen molar-refractivity contribution in [3.8, 4) is 11.5 Å². The Morgan fingerprint density at radius 1 is 1.21 bits per heavy atom. The summed E-state index contributed by atoms with van der Waals surface area (Å²) in [5.41, 5.74) is 2.85. The topological polar surface area (TPSA) is 78.9 Å². The van der Waals surface area contributed by atoms with E-state index in [-0.39, 0.29) is 22.2 Å². The van der Waals surface area contributed by atoms with Crippen molar-refractivity contribution in [2.75, 3.05) is 12.0 Å². The molecule has 2 amide bonds. The van der Waals surface area contributed by atoms with E-state index in [2.05, 4.69) is 21.2 Å². The molecule has 1 heterocycles. The molecule has 0 bridgehead atoms. The number of rotatable bonds is 3. The monoisotopic (exact) mass is 460 g/mol. The highest BCUT2D eigenvalue weighted by Crippen LogP contribution is 2.34. The first-order valence-electron chi connectivity index (χ1n) is 8.28. The molecule has 8 heteroatoms. The van der Waals surface area contributed by atoms with E-state index < -0.39 is 11.8 Å². The number of ether oxygens (including phenoxy) is 1. The molecule has 0 saturated carbocycles. The van der Waals surface area contributed by atoms with Crippen molar-refractivity contribution < 1.29 is 19.4 Å². The Morgan fingerprint density at radius 3 is 2.61 bits per heavy atom. The van der Waals surface area contributed by atoms with Crippen molar-refractivity contribution in [2.24, 2.45) is 0 Å². The number of carbonyl (C=O) groups excluding carboxylic acids is 2. The number of nitrogens with one attached hydrogen (secondary N) is 1. The summed E-state index contributed by atoms with van der Waals surface area (Å²) >= 11 is 8.58. The van der Waals surface area contributed by atoms with Crippen LogP contribution < -0.4 is 15.0 Å². The van der Waals surface area contributed by atoms with E-state index in [4.69, 9.17) is 17.0 Å². The molecule has 3 rings (SSSR count). The van der Waals surface area contributed by atoms with Gasteiger partial charge in [0.25, 0.3) is 11.8 Å². The third kappa shape index (κ3) is 3.65. The molecular formula is C20H17BrN2O4S. The quantitative estimate of drug-likeness (QED) is 0.415. The van der Waals surface area contributed by atoms with Crippen LogP contribution in [0.25, 0.3) is 6.08 Å². The number of phenols is 1. The summed E-state index contributed by atoms with van der Waals surface area (Å²) in [6.45, 7) is 3.78. The van der Waals surface area contributed by atoms with E-state index in [1.165, 1.54) is 30.2 Å². The number of methoxy groups -OCH3 is 1. The summed E-state index contributed by atoms with van der Waals surface area (Å²) < 4.78 is 5.61. The molecule has 0 unspecified atom stereocenters. The number of thiocarbonyl (C=S) groups is 1. The maximum Gasteiger partial charge on any atom is 0.270 e. The average molecular weight is 461 g/mol. The summed E-state index contributed by atoms with van der Waals surface area (Å²) in [7, 11) is 1.42. The van der Waals surface area contributed by atoms with Gasteiger partial charge in [-0.3, -0.25) is 19.8 Å². The van der Waals surface area contributed by atoms with Gasteiger partial charge in [-0.15, -0.1) is 0 Å². The van der Waals surface area contributed by atoms with Crippen LogP contribution in [0.15, 0.2) is 40.4 Å². The minimum atomic E-state index is -0.588. The number of aryl methyl sites for hydroxylation is 2. The minimum Gasteiger partial charge on any atom is -0.504 e. The normalized spacial score (nSPS) is 15.8. The number of carbonyl (C=O) groups is 2. The summed E-state index contributed by atoms with van der Waals surface area (Å²) in [6, 6.07) is 8.63. The smallest absolute Gasteiger partial charge is 0.270 e. The summed E-state index contributed by atoms with van der Waals surface area (Å²) in [5.74, 6) is -0.952. The molecule has 0 spiro atoms. The molecule has 2 aromatic rings. The third-order valence-corrected chi connectivity index (χ3v) is 5.28. The van der Waals surface area contributed by atoms with Crippen molar-refractivity contribution in [3.63, 3.8) is 0 Å². The largest absolute Gasteiger partial charge is 0.504 e. The van der Waals surface area contributed by atoms with Gasteiger partial charge in [-0.1, -0.05) is 28.1 Å². The number of amides is 2. The van der Waals surface area contributed by atoms with Gasteiger partial charge >= 0.3 is 0 Å². The van der Waals surface area contributed by atoms with Gasteiger partial charge in [-0.25, -0.2) is 0 Å². The lowest BCUT2D eigenvalue weighted by molar-refractivity contribution is -0.122. The molecule has 2 aromatic carbocycles. The Balaban J connectivity index is 2.10. The van der Waals surface area contributed by atoms with Gasteiger partial charge in [-0.2, -0.15) is 0 Å². The van der Waals surface area contributed by atoms with Gasteiger partial charge in [0, 0.05) is 4.47 Å². The lowest BCUT2D eigenvalue weighted by Crippen LogP contribution is -2.54. The summed E-state index contributed by atoms with van der Waals surface area (Å²) in [4.78, 5) is 26.9. The maximum atomic E-state index is 13.2. The second-order valence-corrected chi connectivity index (χ2v) is 7.53. The van der Waals surface area contributed by atoms with Gasteiger partial charge in [-0.05, 0) is 67.0 Å². The SMILES string of the molecule is COc1cc(/C=C2/C(=O)NC(=S)N(c3cc(C)ccc3C)C2=O)c(Br)cc1O. The standard InChI is InChI=1S/C20H17BrN2O4S/c1-10-4-5-11(2)15(6-10)23-19(26)13(18(25)22-20(23)28)7-12-8-17(27-3)16(24)9-14(12)21/h4-9,24H,1-3H3,(H,22,25,28)/b13-7-. The lowest BCUT2D eigenvalue weighted by Gasteiger charge is -2.30. The van der Waals surface area contributed by atoms with Crippen LogP contribution in [0.4, 0.5) is 5.69 Å². The summed E-state index contributed by atoms with van der Waals surface area (Å²) in [6.07, 6.45) is 1.43. The number of anilines is 1. The van der Waals surface area contributed by atoms with E-state index in [0.717, 1.165) is 11.1 Å². The van der Waals surface area contributed by atoms with Crippen molar-refractivity contribution >= 4 is 56.8 Å². The zero-order valence-electron chi connectivity index (χ0n) is 15.4. The fraction of sp³-hybridized carbons (Fsp3) is 0.150. The first-order valence-corrected chi connectivity index (χ1v) is 9.48. The zero-order chi connectivity index (χ0) is 20.6. The molecule has 0 aromatic heterocycles. The van der Waals surface area contributed by atoms with Crippen molar-refractivity contribution in [2.45, 2.75) is 13.8 Å². The van der Waals surface area contributed by atoms with Gasteiger partial charge < -0.3 is 9.84 Å². The Morgan fingerprint density at radius 2 is 1.93 bits per heavy atom. The number of halogens is 1. The zero-order valence-corrected chi connectivity index (χ0v) is 17.8. The molecule has 144 valence electrons. The van der Waals surface area contributed by atoms with Gasteiger partial charge in [0.05, 0.1) is 12.8 Å². The first-order chi connectivity index (χ1) is 13.2. The van der Waals surface area contributed by atoms with Crippen LogP contribution in [0, 0.1) is 13.8 Å². The molecule has 0 aliphatic carbocycles. The first kappa shape index (κ1) is 20.0. The van der Waals surface area contributed by atoms with Crippen LogP contribution >= 0.6 is 28.1 Å². The second-order valence-electron chi connectivity index (χ2n) is 6.29. The van der Waals surface area contributed by atoms with Crippen LogP contribution in [-0.4, -0.2) is 29.1 Å². The fourth-order valence-corrected chi connectivity index (χ4v) is 3.54. The number of benzene rings is 2. The van der Waals surface area contributed by atoms with Crippen molar-refractivity contribution in [1.82, 2.24) is 5.32 Å². The molecule has 1 saturated heterocycles. The average Bonchev–Trinajstić information content (AvgIpc) is 2.63. The van der Waals surface area contributed by atoms with Crippen LogP contribution in [0.3, 0.4) is 0 Å². The van der Waals surface area contributed by atoms with Crippen LogP contribution in [0.5, 0.6) is 11.5 Å². The molecule has 0 atom stereocenters. The van der Waals surface area contributed by atoms with Crippen molar-refractivity contribution in [1.29, 1.82) is 0 Å². The number of hydrogen-bond acceptors (Lipinski definition) is 5.